The smallest absolute Gasteiger partial charge is 0.319 e. The molecule has 21 heavy (non-hydrogen) atoms. The van der Waals surface area contributed by atoms with Crippen molar-refractivity contribution in [1.82, 2.24) is 5.32 Å². The lowest BCUT2D eigenvalue weighted by atomic mass is 10.1. The highest BCUT2D eigenvalue weighted by Crippen LogP contribution is 2.16. The van der Waals surface area contributed by atoms with Crippen molar-refractivity contribution in [2.75, 3.05) is 11.9 Å². The molecule has 0 radical (unpaired) electrons. The number of benzene rings is 1. The van der Waals surface area contributed by atoms with Gasteiger partial charge in [0, 0.05) is 25.1 Å². The van der Waals surface area contributed by atoms with E-state index in [-0.39, 0.29) is 12.8 Å². The molecule has 7 heteroatoms. The fourth-order valence-corrected chi connectivity index (χ4v) is 1.73. The van der Waals surface area contributed by atoms with E-state index in [2.05, 4.69) is 10.6 Å². The number of amides is 3. The van der Waals surface area contributed by atoms with Gasteiger partial charge in [0.2, 0.25) is 5.91 Å². The van der Waals surface area contributed by atoms with E-state index in [0.29, 0.717) is 25.1 Å². The quantitative estimate of drug-likeness (QED) is 0.536. The molecule has 0 atom stereocenters. The van der Waals surface area contributed by atoms with Crippen LogP contribution in [0, 0.1) is 0 Å². The predicted molar refractivity (Wildman–Crippen MR) is 77.8 cm³/mol. The molecule has 0 saturated carbocycles. The first kappa shape index (κ1) is 16.5. The summed E-state index contributed by atoms with van der Waals surface area (Å²) in [5.41, 5.74) is 6.33. The number of carbonyl (C=O) groups is 3. The molecule has 0 aliphatic rings. The first-order valence-corrected chi connectivity index (χ1v) is 6.62. The average Bonchev–Trinajstić information content (AvgIpc) is 2.42. The van der Waals surface area contributed by atoms with Gasteiger partial charge in [-0.15, -0.1) is 0 Å². The largest absolute Gasteiger partial charge is 0.481 e. The summed E-state index contributed by atoms with van der Waals surface area (Å²) in [6.45, 7) is 0.339. The van der Waals surface area contributed by atoms with Crippen LogP contribution in [0.2, 0.25) is 0 Å². The number of aliphatic carboxylic acids is 1. The molecule has 1 aromatic rings. The molecule has 5 N–H and O–H groups in total. The van der Waals surface area contributed by atoms with Crippen molar-refractivity contribution in [3.05, 3.63) is 29.8 Å². The number of hydrogen-bond donors (Lipinski definition) is 4. The number of carboxylic acids is 1. The van der Waals surface area contributed by atoms with Gasteiger partial charge < -0.3 is 21.5 Å². The summed E-state index contributed by atoms with van der Waals surface area (Å²) in [6.07, 6.45) is 1.03. The Hall–Kier alpha value is -2.57. The fourth-order valence-electron chi connectivity index (χ4n) is 1.73. The van der Waals surface area contributed by atoms with Crippen LogP contribution in [-0.4, -0.2) is 29.6 Å². The maximum absolute atomic E-state index is 11.7. The number of hydrogen-bond acceptors (Lipinski definition) is 3. The summed E-state index contributed by atoms with van der Waals surface area (Å²) in [4.78, 5) is 32.8. The normalized spacial score (nSPS) is 9.90. The van der Waals surface area contributed by atoms with E-state index >= 15 is 0 Å². The van der Waals surface area contributed by atoms with Gasteiger partial charge in [-0.3, -0.25) is 9.59 Å². The molecule has 0 unspecified atom stereocenters. The molecular weight excluding hydrogens is 274 g/mol. The van der Waals surface area contributed by atoms with Crippen LogP contribution in [0.25, 0.3) is 0 Å². The molecule has 0 fully saturated rings. The monoisotopic (exact) mass is 293 g/mol. The second-order valence-electron chi connectivity index (χ2n) is 4.50. The molecule has 1 rings (SSSR count). The van der Waals surface area contributed by atoms with Crippen molar-refractivity contribution in [3.8, 4) is 0 Å². The Morgan fingerprint density at radius 3 is 2.52 bits per heavy atom. The Labute approximate surface area is 122 Å². The summed E-state index contributed by atoms with van der Waals surface area (Å²) in [7, 11) is 0. The lowest BCUT2D eigenvalue weighted by Gasteiger charge is -2.11. The van der Waals surface area contributed by atoms with Gasteiger partial charge in [0.1, 0.15) is 0 Å². The molecule has 0 spiro atoms. The summed E-state index contributed by atoms with van der Waals surface area (Å²) >= 11 is 0. The van der Waals surface area contributed by atoms with Crippen LogP contribution in [0.15, 0.2) is 24.3 Å². The number of para-hydroxylation sites is 1. The zero-order valence-corrected chi connectivity index (χ0v) is 11.6. The number of anilines is 1. The van der Waals surface area contributed by atoms with Gasteiger partial charge in [-0.05, 0) is 24.5 Å². The molecule has 0 aliphatic heterocycles. The topological polar surface area (TPSA) is 122 Å². The van der Waals surface area contributed by atoms with Crippen LogP contribution >= 0.6 is 0 Å². The van der Waals surface area contributed by atoms with Gasteiger partial charge in [0.25, 0.3) is 0 Å². The summed E-state index contributed by atoms with van der Waals surface area (Å²) in [5, 5.41) is 14.0. The minimum atomic E-state index is -0.888. The molecule has 0 aromatic heterocycles. The Kier molecular flexibility index (Phi) is 6.73. The van der Waals surface area contributed by atoms with Crippen molar-refractivity contribution in [2.45, 2.75) is 25.7 Å². The van der Waals surface area contributed by atoms with Crippen molar-refractivity contribution in [3.63, 3.8) is 0 Å². The first-order chi connectivity index (χ1) is 9.99. The van der Waals surface area contributed by atoms with E-state index < -0.39 is 17.9 Å². The third-order valence-corrected chi connectivity index (χ3v) is 2.76. The van der Waals surface area contributed by atoms with Gasteiger partial charge in [-0.2, -0.15) is 0 Å². The maximum atomic E-state index is 11.7. The van der Waals surface area contributed by atoms with E-state index in [1.165, 1.54) is 0 Å². The third kappa shape index (κ3) is 6.95. The van der Waals surface area contributed by atoms with Crippen LogP contribution in [0.3, 0.4) is 0 Å². The number of aryl methyl sites for hydroxylation is 1. The fraction of sp³-hybridized carbons (Fsp3) is 0.357. The van der Waals surface area contributed by atoms with Crippen LogP contribution in [0.4, 0.5) is 10.5 Å². The second-order valence-corrected chi connectivity index (χ2v) is 4.50. The highest BCUT2D eigenvalue weighted by Gasteiger charge is 2.07. The molecular formula is C14H19N3O4. The number of primary amides is 1. The number of nitrogens with one attached hydrogen (secondary N) is 2. The third-order valence-electron chi connectivity index (χ3n) is 2.76. The minimum Gasteiger partial charge on any atom is -0.481 e. The number of carboxylic acid groups (broad SMARTS) is 1. The average molecular weight is 293 g/mol. The van der Waals surface area contributed by atoms with Gasteiger partial charge >= 0.3 is 12.0 Å². The van der Waals surface area contributed by atoms with Gasteiger partial charge in [0.15, 0.2) is 0 Å². The predicted octanol–water partition coefficient (Wildman–Crippen LogP) is 1.09. The lowest BCUT2D eigenvalue weighted by Crippen LogP contribution is -2.30. The van der Waals surface area contributed by atoms with Crippen molar-refractivity contribution in [2.24, 2.45) is 5.73 Å². The minimum absolute atomic E-state index is 0.00107. The van der Waals surface area contributed by atoms with Crippen molar-refractivity contribution >= 4 is 23.6 Å². The van der Waals surface area contributed by atoms with Crippen LogP contribution in [0.5, 0.6) is 0 Å². The Bertz CT molecular complexity index is 517. The number of nitrogens with two attached hydrogens (primary N) is 1. The number of rotatable bonds is 8. The molecule has 0 bridgehead atoms. The van der Waals surface area contributed by atoms with Gasteiger partial charge in [-0.1, -0.05) is 18.2 Å². The number of carbonyl (C=O) groups excluding carboxylic acids is 2. The number of urea groups is 1. The molecule has 0 heterocycles. The van der Waals surface area contributed by atoms with E-state index in [0.717, 1.165) is 5.56 Å². The molecule has 0 saturated heterocycles. The van der Waals surface area contributed by atoms with Crippen LogP contribution in [-0.2, 0) is 16.0 Å². The van der Waals surface area contributed by atoms with Crippen molar-refractivity contribution < 1.29 is 19.5 Å². The van der Waals surface area contributed by atoms with Crippen LogP contribution in [0.1, 0.15) is 24.8 Å². The lowest BCUT2D eigenvalue weighted by molar-refractivity contribution is -0.137. The molecule has 114 valence electrons. The van der Waals surface area contributed by atoms with E-state index in [1.807, 2.05) is 0 Å². The first-order valence-electron chi connectivity index (χ1n) is 6.62. The standard InChI is InChI=1S/C14H19N3O4/c15-12(18)6-3-9-16-14(21)17-11-5-2-1-4-10(11)7-8-13(19)20/h1-2,4-5H,3,6-9H2,(H2,15,18)(H,19,20)(H2,16,17,21). The highest BCUT2D eigenvalue weighted by atomic mass is 16.4. The highest BCUT2D eigenvalue weighted by molar-refractivity contribution is 5.90. The van der Waals surface area contributed by atoms with E-state index in [9.17, 15) is 14.4 Å². The Morgan fingerprint density at radius 2 is 1.86 bits per heavy atom. The maximum Gasteiger partial charge on any atom is 0.319 e. The zero-order chi connectivity index (χ0) is 15.7. The molecule has 1 aromatic carbocycles. The zero-order valence-electron chi connectivity index (χ0n) is 11.6. The van der Waals surface area contributed by atoms with E-state index in [4.69, 9.17) is 10.8 Å². The second kappa shape index (κ2) is 8.57. The molecule has 3 amide bonds. The molecule has 7 nitrogen and oxygen atoms in total. The van der Waals surface area contributed by atoms with Gasteiger partial charge in [0.05, 0.1) is 0 Å². The Morgan fingerprint density at radius 1 is 1.14 bits per heavy atom. The van der Waals surface area contributed by atoms with E-state index in [1.54, 1.807) is 24.3 Å². The Balaban J connectivity index is 2.47. The van der Waals surface area contributed by atoms with Crippen molar-refractivity contribution in [1.29, 1.82) is 0 Å². The summed E-state index contributed by atoms with van der Waals surface area (Å²) in [6, 6.07) is 6.62. The summed E-state index contributed by atoms with van der Waals surface area (Å²) in [5.74, 6) is -1.29. The SMILES string of the molecule is NC(=O)CCCNC(=O)Nc1ccccc1CCC(=O)O. The molecule has 0 aliphatic carbocycles. The van der Waals surface area contributed by atoms with Gasteiger partial charge in [-0.25, -0.2) is 4.79 Å². The van der Waals surface area contributed by atoms with Crippen LogP contribution < -0.4 is 16.4 Å². The summed E-state index contributed by atoms with van der Waals surface area (Å²) < 4.78 is 0.